The van der Waals surface area contributed by atoms with E-state index in [1.807, 2.05) is 18.2 Å². The van der Waals surface area contributed by atoms with Crippen LogP contribution in [0.2, 0.25) is 10.0 Å². The smallest absolute Gasteiger partial charge is 0.164 e. The number of hydrogen-bond acceptors (Lipinski definition) is 5. The number of aliphatic imine (C=N–C) groups is 1. The van der Waals surface area contributed by atoms with Crippen LogP contribution in [0.15, 0.2) is 41.4 Å². The molecule has 1 fully saturated rings. The molecule has 4 rings (SSSR count). The van der Waals surface area contributed by atoms with Crippen molar-refractivity contribution >= 4 is 55.7 Å². The van der Waals surface area contributed by atoms with Crippen molar-refractivity contribution in [1.29, 1.82) is 0 Å². The van der Waals surface area contributed by atoms with E-state index >= 15 is 0 Å². The third-order valence-corrected chi connectivity index (χ3v) is 8.70. The molecule has 2 aromatic carbocycles. The molecule has 1 saturated heterocycles. The van der Waals surface area contributed by atoms with Crippen LogP contribution in [0.25, 0.3) is 0 Å². The minimum absolute atomic E-state index is 0.121. The Morgan fingerprint density at radius 1 is 1.07 bits per heavy atom. The third-order valence-electron chi connectivity index (χ3n) is 5.23. The van der Waals surface area contributed by atoms with Crippen molar-refractivity contribution in [2.75, 3.05) is 16.4 Å². The molecule has 0 bridgehead atoms. The highest BCUT2D eigenvalue weighted by atomic mass is 35.5. The van der Waals surface area contributed by atoms with Gasteiger partial charge in [0, 0.05) is 11.4 Å². The largest absolute Gasteiger partial charge is 0.315 e. The molecule has 0 aromatic heterocycles. The lowest BCUT2D eigenvalue weighted by Crippen LogP contribution is -2.39. The van der Waals surface area contributed by atoms with Crippen LogP contribution in [0.4, 0.5) is 5.69 Å². The first-order valence-electron chi connectivity index (χ1n) is 8.95. The van der Waals surface area contributed by atoms with Gasteiger partial charge in [-0.15, -0.1) is 0 Å². The Kier molecular flexibility index (Phi) is 5.42. The van der Waals surface area contributed by atoms with E-state index in [0.717, 1.165) is 16.4 Å². The second-order valence-electron chi connectivity index (χ2n) is 7.30. The van der Waals surface area contributed by atoms with Crippen molar-refractivity contribution in [2.24, 2.45) is 4.99 Å². The fourth-order valence-electron chi connectivity index (χ4n) is 3.59. The molecule has 2 aliphatic heterocycles. The first-order chi connectivity index (χ1) is 13.2. The van der Waals surface area contributed by atoms with Gasteiger partial charge in [-0.05, 0) is 54.8 Å². The average Bonchev–Trinajstić information content (AvgIpc) is 3.09. The molecular weight excluding hydrogens is 435 g/mol. The second kappa shape index (κ2) is 7.56. The Labute approximate surface area is 179 Å². The maximum Gasteiger partial charge on any atom is 0.164 e. The first-order valence-corrected chi connectivity index (χ1v) is 12.5. The molecule has 0 saturated carbocycles. The van der Waals surface area contributed by atoms with E-state index in [-0.39, 0.29) is 23.6 Å². The number of thioether (sulfide) groups is 1. The number of nitrogens with zero attached hydrogens (tertiary/aromatic N) is 2. The normalized spacial score (nSPS) is 23.0. The summed E-state index contributed by atoms with van der Waals surface area (Å²) in [6.45, 7) is 4.14. The summed E-state index contributed by atoms with van der Waals surface area (Å²) in [6.07, 6.45) is 0. The lowest BCUT2D eigenvalue weighted by atomic mass is 10.1. The molecule has 0 aliphatic carbocycles. The first kappa shape index (κ1) is 20.1. The van der Waals surface area contributed by atoms with Crippen LogP contribution in [-0.2, 0) is 15.6 Å². The number of amidine groups is 1. The summed E-state index contributed by atoms with van der Waals surface area (Å²) in [5, 5.41) is 1.92. The Morgan fingerprint density at radius 3 is 2.57 bits per heavy atom. The molecule has 28 heavy (non-hydrogen) atoms. The molecule has 2 atom stereocenters. The van der Waals surface area contributed by atoms with Gasteiger partial charge in [0.1, 0.15) is 0 Å². The van der Waals surface area contributed by atoms with Crippen LogP contribution < -0.4 is 4.90 Å². The number of fused-ring (bicyclic) bond motifs is 1. The van der Waals surface area contributed by atoms with Crippen molar-refractivity contribution in [2.45, 2.75) is 31.7 Å². The third kappa shape index (κ3) is 3.92. The van der Waals surface area contributed by atoms with E-state index in [0.29, 0.717) is 15.8 Å². The number of halogens is 2. The van der Waals surface area contributed by atoms with Gasteiger partial charge in [0.2, 0.25) is 0 Å². The zero-order chi connectivity index (χ0) is 20.1. The summed E-state index contributed by atoms with van der Waals surface area (Å²) >= 11 is 13.7. The summed E-state index contributed by atoms with van der Waals surface area (Å²) in [4.78, 5) is 6.88. The lowest BCUT2D eigenvalue weighted by Gasteiger charge is -2.27. The van der Waals surface area contributed by atoms with E-state index in [2.05, 4.69) is 30.9 Å². The van der Waals surface area contributed by atoms with Crippen LogP contribution >= 0.6 is 35.0 Å². The Bertz CT molecular complexity index is 1070. The standard InChI is InChI=1S/C20H20Cl2N2O2S2/c1-12-3-5-15(7-13(12)2)24-19-11-28(25,26)10-18(19)23-20(24)27-9-14-4-6-16(21)17(22)8-14/h3-8,18-19H,9-11H2,1-2H3/t18-,19-/m0/s1. The summed E-state index contributed by atoms with van der Waals surface area (Å²) in [6, 6.07) is 11.5. The van der Waals surface area contributed by atoms with E-state index < -0.39 is 9.84 Å². The number of anilines is 1. The van der Waals surface area contributed by atoms with Crippen molar-refractivity contribution in [3.05, 3.63) is 63.1 Å². The Morgan fingerprint density at radius 2 is 1.86 bits per heavy atom. The highest BCUT2D eigenvalue weighted by Crippen LogP contribution is 2.37. The van der Waals surface area contributed by atoms with Gasteiger partial charge >= 0.3 is 0 Å². The number of aryl methyl sites for hydroxylation is 2. The molecule has 2 heterocycles. The van der Waals surface area contributed by atoms with Gasteiger partial charge in [0.05, 0.1) is 33.6 Å². The molecule has 4 nitrogen and oxygen atoms in total. The van der Waals surface area contributed by atoms with Crippen LogP contribution in [0.1, 0.15) is 16.7 Å². The molecule has 0 spiro atoms. The van der Waals surface area contributed by atoms with Gasteiger partial charge in [-0.25, -0.2) is 8.42 Å². The molecule has 2 aromatic rings. The van der Waals surface area contributed by atoms with E-state index in [1.54, 1.807) is 17.8 Å². The molecule has 2 aliphatic rings. The van der Waals surface area contributed by atoms with Gasteiger partial charge in [0.25, 0.3) is 0 Å². The maximum absolute atomic E-state index is 12.2. The van der Waals surface area contributed by atoms with Crippen molar-refractivity contribution in [3.63, 3.8) is 0 Å². The molecule has 0 N–H and O–H groups in total. The lowest BCUT2D eigenvalue weighted by molar-refractivity contribution is 0.601. The minimum atomic E-state index is -3.06. The average molecular weight is 455 g/mol. The van der Waals surface area contributed by atoms with E-state index in [1.165, 1.54) is 11.1 Å². The molecule has 0 unspecified atom stereocenters. The minimum Gasteiger partial charge on any atom is -0.315 e. The van der Waals surface area contributed by atoms with Crippen molar-refractivity contribution in [3.8, 4) is 0 Å². The summed E-state index contributed by atoms with van der Waals surface area (Å²) in [5.41, 5.74) is 4.43. The molecular formula is C20H20Cl2N2O2S2. The fourth-order valence-corrected chi connectivity index (χ4v) is 6.82. The van der Waals surface area contributed by atoms with Gasteiger partial charge < -0.3 is 4.90 Å². The number of sulfone groups is 1. The van der Waals surface area contributed by atoms with E-state index in [9.17, 15) is 8.42 Å². The van der Waals surface area contributed by atoms with Gasteiger partial charge in [-0.3, -0.25) is 4.99 Å². The predicted octanol–water partition coefficient (Wildman–Crippen LogP) is 4.89. The molecule has 148 valence electrons. The predicted molar refractivity (Wildman–Crippen MR) is 120 cm³/mol. The van der Waals surface area contributed by atoms with Gasteiger partial charge in [-0.1, -0.05) is 47.1 Å². The Hall–Kier alpha value is -1.21. The zero-order valence-corrected chi connectivity index (χ0v) is 18.7. The summed E-state index contributed by atoms with van der Waals surface area (Å²) in [7, 11) is -3.06. The summed E-state index contributed by atoms with van der Waals surface area (Å²) < 4.78 is 24.3. The topological polar surface area (TPSA) is 49.7 Å². The second-order valence-corrected chi connectivity index (χ2v) is 11.2. The number of rotatable bonds is 3. The molecule has 8 heteroatoms. The van der Waals surface area contributed by atoms with Crippen LogP contribution in [0.3, 0.4) is 0 Å². The highest BCUT2D eigenvalue weighted by Gasteiger charge is 2.47. The van der Waals surface area contributed by atoms with Gasteiger partial charge in [-0.2, -0.15) is 0 Å². The van der Waals surface area contributed by atoms with Crippen molar-refractivity contribution < 1.29 is 8.42 Å². The SMILES string of the molecule is Cc1ccc(N2C(SCc3ccc(Cl)c(Cl)c3)=N[C@H]3CS(=O)(=O)C[C@@H]32)cc1C. The summed E-state index contributed by atoms with van der Waals surface area (Å²) in [5.74, 6) is 0.948. The van der Waals surface area contributed by atoms with Crippen LogP contribution in [-0.4, -0.2) is 37.2 Å². The van der Waals surface area contributed by atoms with Crippen molar-refractivity contribution in [1.82, 2.24) is 0 Å². The van der Waals surface area contributed by atoms with Crippen LogP contribution in [0, 0.1) is 13.8 Å². The monoisotopic (exact) mass is 454 g/mol. The van der Waals surface area contributed by atoms with Gasteiger partial charge in [0.15, 0.2) is 15.0 Å². The van der Waals surface area contributed by atoms with Crippen LogP contribution in [0.5, 0.6) is 0 Å². The maximum atomic E-state index is 12.2. The quantitative estimate of drug-likeness (QED) is 0.662. The highest BCUT2D eigenvalue weighted by molar-refractivity contribution is 8.13. The zero-order valence-electron chi connectivity index (χ0n) is 15.5. The Balaban J connectivity index is 1.63. The molecule has 0 radical (unpaired) electrons. The number of hydrogen-bond donors (Lipinski definition) is 0. The molecule has 0 amide bonds. The number of benzene rings is 2. The van der Waals surface area contributed by atoms with E-state index in [4.69, 9.17) is 28.2 Å². The fraction of sp³-hybridized carbons (Fsp3) is 0.350.